The molecule has 2 aromatic carbocycles. The van der Waals surface area contributed by atoms with Crippen molar-refractivity contribution < 1.29 is 13.9 Å². The number of benzene rings is 2. The van der Waals surface area contributed by atoms with Crippen molar-refractivity contribution >= 4 is 11.7 Å². The SMILES string of the molecule is Nc1ncccc1C(=O)NCc1ccc(Oc2ccccc2)c(F)c1. The van der Waals surface area contributed by atoms with Crippen LogP contribution in [0.15, 0.2) is 66.9 Å². The molecule has 25 heavy (non-hydrogen) atoms. The van der Waals surface area contributed by atoms with Crippen LogP contribution < -0.4 is 15.8 Å². The van der Waals surface area contributed by atoms with E-state index >= 15 is 0 Å². The van der Waals surface area contributed by atoms with Crippen LogP contribution in [0.25, 0.3) is 0 Å². The summed E-state index contributed by atoms with van der Waals surface area (Å²) in [6.07, 6.45) is 1.51. The molecule has 3 rings (SSSR count). The maximum Gasteiger partial charge on any atom is 0.255 e. The molecule has 0 spiro atoms. The minimum Gasteiger partial charge on any atom is -0.454 e. The smallest absolute Gasteiger partial charge is 0.255 e. The first-order chi connectivity index (χ1) is 12.1. The Morgan fingerprint density at radius 2 is 1.92 bits per heavy atom. The lowest BCUT2D eigenvalue weighted by molar-refractivity contribution is 0.0951. The van der Waals surface area contributed by atoms with Gasteiger partial charge in [0.15, 0.2) is 11.6 Å². The number of carbonyl (C=O) groups excluding carboxylic acids is 1. The Morgan fingerprint density at radius 3 is 2.64 bits per heavy atom. The average molecular weight is 337 g/mol. The number of hydrogen-bond donors (Lipinski definition) is 2. The molecule has 1 heterocycles. The predicted octanol–water partition coefficient (Wildman–Crippen LogP) is 3.53. The number of anilines is 1. The molecule has 0 aliphatic carbocycles. The molecule has 0 bridgehead atoms. The van der Waals surface area contributed by atoms with E-state index in [4.69, 9.17) is 10.5 Å². The number of rotatable bonds is 5. The maximum atomic E-state index is 14.2. The van der Waals surface area contributed by atoms with E-state index in [1.54, 1.807) is 42.5 Å². The first-order valence-electron chi connectivity index (χ1n) is 7.63. The molecular formula is C19H16FN3O2. The van der Waals surface area contributed by atoms with Crippen molar-refractivity contribution in [3.05, 3.63) is 83.8 Å². The van der Waals surface area contributed by atoms with Crippen LogP contribution in [0.3, 0.4) is 0 Å². The third kappa shape index (κ3) is 4.11. The summed E-state index contributed by atoms with van der Waals surface area (Å²) in [5, 5.41) is 2.69. The first-order valence-corrected chi connectivity index (χ1v) is 7.63. The van der Waals surface area contributed by atoms with Crippen molar-refractivity contribution in [3.8, 4) is 11.5 Å². The van der Waals surface area contributed by atoms with Gasteiger partial charge < -0.3 is 15.8 Å². The fourth-order valence-electron chi connectivity index (χ4n) is 2.24. The summed E-state index contributed by atoms with van der Waals surface area (Å²) in [6, 6.07) is 16.7. The third-order valence-corrected chi connectivity index (χ3v) is 3.50. The fourth-order valence-corrected chi connectivity index (χ4v) is 2.24. The molecule has 1 aromatic heterocycles. The lowest BCUT2D eigenvalue weighted by Crippen LogP contribution is -2.24. The Kier molecular flexibility index (Phi) is 4.89. The number of hydrogen-bond acceptors (Lipinski definition) is 4. The molecule has 0 radical (unpaired) electrons. The molecule has 126 valence electrons. The number of nitrogens with two attached hydrogens (primary N) is 1. The zero-order valence-electron chi connectivity index (χ0n) is 13.3. The van der Waals surface area contributed by atoms with Crippen molar-refractivity contribution in [2.24, 2.45) is 0 Å². The zero-order chi connectivity index (χ0) is 17.6. The number of pyridine rings is 1. The fraction of sp³-hybridized carbons (Fsp3) is 0.0526. The van der Waals surface area contributed by atoms with E-state index in [2.05, 4.69) is 10.3 Å². The number of amides is 1. The van der Waals surface area contributed by atoms with Gasteiger partial charge in [0.1, 0.15) is 11.6 Å². The minimum atomic E-state index is -0.503. The molecule has 3 N–H and O–H groups in total. The van der Waals surface area contributed by atoms with Crippen molar-refractivity contribution in [2.75, 3.05) is 5.73 Å². The van der Waals surface area contributed by atoms with Crippen molar-refractivity contribution in [3.63, 3.8) is 0 Å². The largest absolute Gasteiger partial charge is 0.454 e. The summed E-state index contributed by atoms with van der Waals surface area (Å²) in [5.41, 5.74) is 6.55. The van der Waals surface area contributed by atoms with Crippen molar-refractivity contribution in [1.29, 1.82) is 0 Å². The van der Waals surface area contributed by atoms with E-state index in [1.807, 2.05) is 6.07 Å². The highest BCUT2D eigenvalue weighted by atomic mass is 19.1. The number of halogens is 1. The van der Waals surface area contributed by atoms with Crippen LogP contribution in [0, 0.1) is 5.82 Å². The Labute approximate surface area is 144 Å². The topological polar surface area (TPSA) is 77.2 Å². The van der Waals surface area contributed by atoms with Gasteiger partial charge >= 0.3 is 0 Å². The third-order valence-electron chi connectivity index (χ3n) is 3.50. The Balaban J connectivity index is 1.65. The molecule has 0 aliphatic rings. The summed E-state index contributed by atoms with van der Waals surface area (Å²) in [6.45, 7) is 0.162. The van der Waals surface area contributed by atoms with Crippen molar-refractivity contribution in [1.82, 2.24) is 10.3 Å². The van der Waals surface area contributed by atoms with E-state index in [-0.39, 0.29) is 29.6 Å². The number of aromatic nitrogens is 1. The van der Waals surface area contributed by atoms with Gasteiger partial charge in [-0.3, -0.25) is 4.79 Å². The molecule has 0 saturated carbocycles. The van der Waals surface area contributed by atoms with Gasteiger partial charge in [-0.15, -0.1) is 0 Å². The van der Waals surface area contributed by atoms with E-state index in [0.717, 1.165) is 0 Å². The van der Waals surface area contributed by atoms with Crippen LogP contribution in [-0.2, 0) is 6.54 Å². The van der Waals surface area contributed by atoms with Crippen LogP contribution >= 0.6 is 0 Å². The van der Waals surface area contributed by atoms with E-state index in [1.165, 1.54) is 18.3 Å². The van der Waals surface area contributed by atoms with Crippen molar-refractivity contribution in [2.45, 2.75) is 6.54 Å². The summed E-state index contributed by atoms with van der Waals surface area (Å²) in [4.78, 5) is 15.9. The lowest BCUT2D eigenvalue weighted by Gasteiger charge is -2.10. The zero-order valence-corrected chi connectivity index (χ0v) is 13.3. The molecule has 0 fully saturated rings. The highest BCUT2D eigenvalue weighted by Gasteiger charge is 2.11. The van der Waals surface area contributed by atoms with Gasteiger partial charge in [-0.25, -0.2) is 9.37 Å². The monoisotopic (exact) mass is 337 g/mol. The minimum absolute atomic E-state index is 0.123. The molecule has 1 amide bonds. The standard InChI is InChI=1S/C19H16FN3O2/c20-16-11-13(8-9-17(16)25-14-5-2-1-3-6-14)12-23-19(24)15-7-4-10-22-18(15)21/h1-11H,12H2,(H2,21,22)(H,23,24). The second kappa shape index (κ2) is 7.44. The summed E-state index contributed by atoms with van der Waals surface area (Å²) in [5.74, 6) is -0.0443. The summed E-state index contributed by atoms with van der Waals surface area (Å²) < 4.78 is 19.7. The van der Waals surface area contributed by atoms with E-state index in [9.17, 15) is 9.18 Å². The van der Waals surface area contributed by atoms with Gasteiger partial charge in [0, 0.05) is 12.7 Å². The normalized spacial score (nSPS) is 10.3. The van der Waals surface area contributed by atoms with Gasteiger partial charge in [0.2, 0.25) is 0 Å². The van der Waals surface area contributed by atoms with Crippen LogP contribution in [0.1, 0.15) is 15.9 Å². The predicted molar refractivity (Wildman–Crippen MR) is 92.7 cm³/mol. The van der Waals surface area contributed by atoms with E-state index in [0.29, 0.717) is 11.3 Å². The summed E-state index contributed by atoms with van der Waals surface area (Å²) in [7, 11) is 0. The van der Waals surface area contributed by atoms with E-state index < -0.39 is 5.82 Å². The molecule has 0 unspecified atom stereocenters. The molecule has 0 aliphatic heterocycles. The van der Waals surface area contributed by atoms with Gasteiger partial charge in [-0.2, -0.15) is 0 Å². The molecule has 0 atom stereocenters. The molecule has 3 aromatic rings. The quantitative estimate of drug-likeness (QED) is 0.747. The Hall–Kier alpha value is -3.41. The number of ether oxygens (including phenoxy) is 1. The van der Waals surface area contributed by atoms with Crippen LogP contribution in [-0.4, -0.2) is 10.9 Å². The molecule has 0 saturated heterocycles. The van der Waals surface area contributed by atoms with Gasteiger partial charge in [0.25, 0.3) is 5.91 Å². The second-order valence-electron chi connectivity index (χ2n) is 5.30. The lowest BCUT2D eigenvalue weighted by atomic mass is 10.2. The number of nitrogen functional groups attached to an aromatic ring is 1. The highest BCUT2D eigenvalue weighted by Crippen LogP contribution is 2.24. The van der Waals surface area contributed by atoms with Gasteiger partial charge in [0.05, 0.1) is 5.56 Å². The molecule has 6 heteroatoms. The number of carbonyl (C=O) groups is 1. The Bertz CT molecular complexity index is 885. The number of para-hydroxylation sites is 1. The second-order valence-corrected chi connectivity index (χ2v) is 5.30. The highest BCUT2D eigenvalue weighted by molar-refractivity contribution is 5.98. The van der Waals surface area contributed by atoms with Gasteiger partial charge in [-0.05, 0) is 42.0 Å². The maximum absolute atomic E-state index is 14.2. The number of nitrogens with zero attached hydrogens (tertiary/aromatic N) is 1. The summed E-state index contributed by atoms with van der Waals surface area (Å²) >= 11 is 0. The number of nitrogens with one attached hydrogen (secondary N) is 1. The molecule has 5 nitrogen and oxygen atoms in total. The molecular weight excluding hydrogens is 321 g/mol. The first kappa shape index (κ1) is 16.4. The van der Waals surface area contributed by atoms with Crippen LogP contribution in [0.2, 0.25) is 0 Å². The van der Waals surface area contributed by atoms with Crippen LogP contribution in [0.4, 0.5) is 10.2 Å². The average Bonchev–Trinajstić information content (AvgIpc) is 2.63. The van der Waals surface area contributed by atoms with Gasteiger partial charge in [-0.1, -0.05) is 24.3 Å². The van der Waals surface area contributed by atoms with Crippen LogP contribution in [0.5, 0.6) is 11.5 Å². The Morgan fingerprint density at radius 1 is 1.12 bits per heavy atom.